The molecule has 0 fully saturated rings. The van der Waals surface area contributed by atoms with Crippen LogP contribution >= 0.6 is 24.0 Å². The minimum Gasteiger partial charge on any atom is -0.493 e. The van der Waals surface area contributed by atoms with Gasteiger partial charge in [0, 0.05) is 31.6 Å². The summed E-state index contributed by atoms with van der Waals surface area (Å²) in [5.74, 6) is 3.19. The number of benzene rings is 1. The Morgan fingerprint density at radius 1 is 1.21 bits per heavy atom. The number of guanidine groups is 1. The summed E-state index contributed by atoms with van der Waals surface area (Å²) >= 11 is 0. The van der Waals surface area contributed by atoms with Crippen molar-refractivity contribution in [3.8, 4) is 5.75 Å². The Kier molecular flexibility index (Phi) is 11.5. The van der Waals surface area contributed by atoms with Gasteiger partial charge in [-0.25, -0.2) is 4.99 Å². The van der Waals surface area contributed by atoms with Gasteiger partial charge in [-0.15, -0.1) is 34.2 Å². The normalized spacial score (nSPS) is 11.2. The molecule has 1 aromatic heterocycles. The molecule has 1 aromatic carbocycles. The molecule has 156 valence electrons. The number of hydrogen-bond acceptors (Lipinski definition) is 4. The first-order valence-electron chi connectivity index (χ1n) is 9.73. The van der Waals surface area contributed by atoms with E-state index in [-0.39, 0.29) is 24.0 Å². The van der Waals surface area contributed by atoms with Gasteiger partial charge in [-0.1, -0.05) is 39.0 Å². The number of hydrogen-bond donors (Lipinski definition) is 2. The van der Waals surface area contributed by atoms with Gasteiger partial charge in [0.05, 0.1) is 13.2 Å². The summed E-state index contributed by atoms with van der Waals surface area (Å²) in [7, 11) is 0. The molecule has 0 aliphatic heterocycles. The van der Waals surface area contributed by atoms with Crippen molar-refractivity contribution >= 4 is 29.9 Å². The molecular weight excluding hydrogens is 467 g/mol. The predicted octanol–water partition coefficient (Wildman–Crippen LogP) is 3.25. The highest BCUT2D eigenvalue weighted by Crippen LogP contribution is 2.19. The van der Waals surface area contributed by atoms with Crippen LogP contribution in [-0.4, -0.2) is 40.4 Å². The lowest BCUT2D eigenvalue weighted by Gasteiger charge is -2.14. The largest absolute Gasteiger partial charge is 0.493 e. The van der Waals surface area contributed by atoms with E-state index in [1.165, 1.54) is 0 Å². The number of aromatic nitrogens is 3. The average Bonchev–Trinajstić information content (AvgIpc) is 3.12. The summed E-state index contributed by atoms with van der Waals surface area (Å²) in [5.41, 5.74) is 1.09. The van der Waals surface area contributed by atoms with E-state index in [0.29, 0.717) is 19.1 Å². The molecule has 0 unspecified atom stereocenters. The van der Waals surface area contributed by atoms with E-state index < -0.39 is 0 Å². The maximum atomic E-state index is 5.92. The number of aryl methyl sites for hydroxylation is 1. The third kappa shape index (κ3) is 8.04. The van der Waals surface area contributed by atoms with Crippen LogP contribution in [0, 0.1) is 5.92 Å². The lowest BCUT2D eigenvalue weighted by atomic mass is 10.2. The molecular formula is C20H33IN6O. The van der Waals surface area contributed by atoms with Gasteiger partial charge < -0.3 is 19.9 Å². The molecule has 0 amide bonds. The summed E-state index contributed by atoms with van der Waals surface area (Å²) in [6, 6.07) is 8.09. The maximum Gasteiger partial charge on any atom is 0.191 e. The van der Waals surface area contributed by atoms with Gasteiger partial charge in [0.1, 0.15) is 17.9 Å². The van der Waals surface area contributed by atoms with Crippen LogP contribution in [0.15, 0.2) is 35.6 Å². The second-order valence-electron chi connectivity index (χ2n) is 6.73. The first-order valence-corrected chi connectivity index (χ1v) is 9.73. The highest BCUT2D eigenvalue weighted by Gasteiger charge is 2.05. The highest BCUT2D eigenvalue weighted by atomic mass is 127. The van der Waals surface area contributed by atoms with Crippen LogP contribution in [0.2, 0.25) is 0 Å². The SMILES string of the molecule is CCNC(=NCc1ccccc1OCC(C)C)NCCn1cnnc1CC.I. The Bertz CT molecular complexity index is 716. The Labute approximate surface area is 185 Å². The van der Waals surface area contributed by atoms with Crippen LogP contribution in [0.5, 0.6) is 5.75 Å². The number of para-hydroxylation sites is 1. The Hall–Kier alpha value is -1.84. The maximum absolute atomic E-state index is 5.92. The number of nitrogens with one attached hydrogen (secondary N) is 2. The van der Waals surface area contributed by atoms with Gasteiger partial charge >= 0.3 is 0 Å². The molecule has 1 heterocycles. The topological polar surface area (TPSA) is 76.4 Å². The van der Waals surface area contributed by atoms with Crippen molar-refractivity contribution in [1.82, 2.24) is 25.4 Å². The second-order valence-corrected chi connectivity index (χ2v) is 6.73. The fourth-order valence-corrected chi connectivity index (χ4v) is 2.57. The lowest BCUT2D eigenvalue weighted by molar-refractivity contribution is 0.268. The molecule has 0 bridgehead atoms. The summed E-state index contributed by atoms with van der Waals surface area (Å²) in [4.78, 5) is 4.71. The van der Waals surface area contributed by atoms with Crippen LogP contribution in [0.4, 0.5) is 0 Å². The fraction of sp³-hybridized carbons (Fsp3) is 0.550. The lowest BCUT2D eigenvalue weighted by Crippen LogP contribution is -2.38. The number of ether oxygens (including phenoxy) is 1. The van der Waals surface area contributed by atoms with Crippen molar-refractivity contribution in [3.63, 3.8) is 0 Å². The zero-order valence-corrected chi connectivity index (χ0v) is 19.6. The molecule has 0 atom stereocenters. The van der Waals surface area contributed by atoms with Crippen molar-refractivity contribution in [3.05, 3.63) is 42.0 Å². The summed E-state index contributed by atoms with van der Waals surface area (Å²) in [6.45, 7) is 12.1. The molecule has 0 saturated carbocycles. The smallest absolute Gasteiger partial charge is 0.191 e. The minimum atomic E-state index is 0. The van der Waals surface area contributed by atoms with Gasteiger partial charge in [-0.3, -0.25) is 0 Å². The predicted molar refractivity (Wildman–Crippen MR) is 124 cm³/mol. The molecule has 28 heavy (non-hydrogen) atoms. The van der Waals surface area contributed by atoms with Crippen LogP contribution in [0.25, 0.3) is 0 Å². The Morgan fingerprint density at radius 2 is 2.00 bits per heavy atom. The van der Waals surface area contributed by atoms with Gasteiger partial charge in [0.15, 0.2) is 5.96 Å². The third-order valence-corrected chi connectivity index (χ3v) is 3.95. The quantitative estimate of drug-likeness (QED) is 0.298. The molecule has 7 nitrogen and oxygen atoms in total. The van der Waals surface area contributed by atoms with Crippen LogP contribution < -0.4 is 15.4 Å². The summed E-state index contributed by atoms with van der Waals surface area (Å²) < 4.78 is 7.98. The van der Waals surface area contributed by atoms with Gasteiger partial charge in [0.25, 0.3) is 0 Å². The molecule has 2 N–H and O–H groups in total. The molecule has 0 spiro atoms. The zero-order valence-electron chi connectivity index (χ0n) is 17.3. The van der Waals surface area contributed by atoms with E-state index >= 15 is 0 Å². The van der Waals surface area contributed by atoms with Crippen molar-refractivity contribution in [2.75, 3.05) is 19.7 Å². The average molecular weight is 500 g/mol. The molecule has 0 aliphatic rings. The Morgan fingerprint density at radius 3 is 2.71 bits per heavy atom. The molecule has 0 radical (unpaired) electrons. The minimum absolute atomic E-state index is 0. The van der Waals surface area contributed by atoms with Crippen molar-refractivity contribution in [2.45, 2.75) is 47.2 Å². The number of halogens is 1. The Balaban J connectivity index is 0.00000392. The molecule has 2 aromatic rings. The van der Waals surface area contributed by atoms with Crippen LogP contribution in [0.1, 0.15) is 39.1 Å². The van der Waals surface area contributed by atoms with E-state index in [9.17, 15) is 0 Å². The van der Waals surface area contributed by atoms with E-state index in [4.69, 9.17) is 9.73 Å². The van der Waals surface area contributed by atoms with Crippen molar-refractivity contribution in [1.29, 1.82) is 0 Å². The van der Waals surface area contributed by atoms with Gasteiger partial charge in [-0.05, 0) is 18.9 Å². The number of aliphatic imine (C=N–C) groups is 1. The van der Waals surface area contributed by atoms with E-state index in [0.717, 1.165) is 49.2 Å². The first-order chi connectivity index (χ1) is 13.1. The van der Waals surface area contributed by atoms with E-state index in [2.05, 4.69) is 59.2 Å². The van der Waals surface area contributed by atoms with Gasteiger partial charge in [0.2, 0.25) is 0 Å². The fourth-order valence-electron chi connectivity index (χ4n) is 2.57. The zero-order chi connectivity index (χ0) is 19.5. The standard InChI is InChI=1S/C20H32N6O.HI/c1-5-19-25-24-15-26(19)12-11-22-20(21-6-2)23-13-17-9-7-8-10-18(17)27-14-16(3)4;/h7-10,15-16H,5-6,11-14H2,1-4H3,(H2,21,22,23);1H. The monoisotopic (exact) mass is 500 g/mol. The van der Waals surface area contributed by atoms with Crippen LogP contribution in [0.3, 0.4) is 0 Å². The first kappa shape index (κ1) is 24.2. The van der Waals surface area contributed by atoms with Gasteiger partial charge in [-0.2, -0.15) is 0 Å². The number of nitrogens with zero attached hydrogens (tertiary/aromatic N) is 4. The van der Waals surface area contributed by atoms with E-state index in [1.807, 2.05) is 18.2 Å². The van der Waals surface area contributed by atoms with Crippen molar-refractivity contribution < 1.29 is 4.74 Å². The van der Waals surface area contributed by atoms with Crippen LogP contribution in [-0.2, 0) is 19.5 Å². The number of rotatable bonds is 10. The summed E-state index contributed by atoms with van der Waals surface area (Å²) in [5, 5.41) is 14.7. The molecule has 2 rings (SSSR count). The molecule has 8 heteroatoms. The highest BCUT2D eigenvalue weighted by molar-refractivity contribution is 14.0. The third-order valence-electron chi connectivity index (χ3n) is 3.95. The summed E-state index contributed by atoms with van der Waals surface area (Å²) in [6.07, 6.45) is 2.65. The molecule has 0 saturated heterocycles. The second kappa shape index (κ2) is 13.4. The molecule has 0 aliphatic carbocycles. The van der Waals surface area contributed by atoms with E-state index in [1.54, 1.807) is 6.33 Å². The van der Waals surface area contributed by atoms with Crippen molar-refractivity contribution in [2.24, 2.45) is 10.9 Å².